The fourth-order valence-corrected chi connectivity index (χ4v) is 3.64. The summed E-state index contributed by atoms with van der Waals surface area (Å²) in [6.07, 6.45) is 3.53. The van der Waals surface area contributed by atoms with Gasteiger partial charge in [-0.05, 0) is 31.2 Å². The molecule has 2 aromatic carbocycles. The van der Waals surface area contributed by atoms with Crippen molar-refractivity contribution in [2.24, 2.45) is 0 Å². The largest absolute Gasteiger partial charge is 0.487 e. The molecule has 0 aliphatic carbocycles. The highest BCUT2D eigenvalue weighted by Gasteiger charge is 2.34. The van der Waals surface area contributed by atoms with Gasteiger partial charge >= 0.3 is 0 Å². The molecule has 8 heteroatoms. The number of amides is 1. The molecule has 8 nitrogen and oxygen atoms in total. The first-order valence-corrected chi connectivity index (χ1v) is 10.2. The third-order valence-corrected chi connectivity index (χ3v) is 5.45. The molecular formula is C23H22N6O2. The van der Waals surface area contributed by atoms with Gasteiger partial charge in [-0.15, -0.1) is 5.10 Å². The number of rotatable bonds is 6. The molecular weight excluding hydrogens is 392 g/mol. The van der Waals surface area contributed by atoms with Crippen LogP contribution in [0.5, 0.6) is 5.75 Å². The van der Waals surface area contributed by atoms with E-state index in [1.54, 1.807) is 10.9 Å². The highest BCUT2D eigenvalue weighted by atomic mass is 16.5. The van der Waals surface area contributed by atoms with E-state index in [0.29, 0.717) is 25.3 Å². The number of carbonyl (C=O) groups is 1. The summed E-state index contributed by atoms with van der Waals surface area (Å²) in [6, 6.07) is 19.5. The zero-order valence-corrected chi connectivity index (χ0v) is 17.1. The van der Waals surface area contributed by atoms with E-state index < -0.39 is 0 Å². The van der Waals surface area contributed by atoms with Crippen LogP contribution in [0.1, 0.15) is 27.8 Å². The molecule has 5 rings (SSSR count). The maximum absolute atomic E-state index is 12.9. The summed E-state index contributed by atoms with van der Waals surface area (Å²) in [4.78, 5) is 14.8. The number of nitrogens with zero attached hydrogens (tertiary/aromatic N) is 6. The minimum Gasteiger partial charge on any atom is -0.487 e. The number of benzene rings is 2. The molecule has 0 radical (unpaired) electrons. The lowest BCUT2D eigenvalue weighted by molar-refractivity contribution is 0.0497. The van der Waals surface area contributed by atoms with Crippen LogP contribution < -0.4 is 4.74 Å². The predicted molar refractivity (Wildman–Crippen MR) is 114 cm³/mol. The summed E-state index contributed by atoms with van der Waals surface area (Å²) < 4.78 is 9.32. The maximum Gasteiger partial charge on any atom is 0.257 e. The minimum atomic E-state index is -0.0105. The van der Waals surface area contributed by atoms with Crippen molar-refractivity contribution in [2.45, 2.75) is 19.6 Å². The first-order chi connectivity index (χ1) is 15.2. The van der Waals surface area contributed by atoms with Crippen LogP contribution in [0.2, 0.25) is 0 Å². The zero-order chi connectivity index (χ0) is 21.2. The number of carbonyl (C=O) groups excluding carboxylic acids is 1. The number of ether oxygens (including phenoxy) is 1. The van der Waals surface area contributed by atoms with E-state index in [2.05, 4.69) is 15.4 Å². The molecule has 0 atom stereocenters. The van der Waals surface area contributed by atoms with Crippen LogP contribution in [0.3, 0.4) is 0 Å². The average molecular weight is 414 g/mol. The smallest absolute Gasteiger partial charge is 0.257 e. The number of para-hydroxylation sites is 2. The van der Waals surface area contributed by atoms with Gasteiger partial charge in [-0.2, -0.15) is 5.10 Å². The quantitative estimate of drug-likeness (QED) is 0.485. The standard InChI is InChI=1S/C23H22N6O2/c1-17-22(12-24-29(17)19-8-4-2-5-9-19)23(30)27-14-20(15-27)28-13-18(25-26-28)16-31-21-10-6-3-7-11-21/h2-13,20H,14-16H2,1H3. The Bertz CT molecular complexity index is 1180. The summed E-state index contributed by atoms with van der Waals surface area (Å²) in [5.74, 6) is 0.785. The van der Waals surface area contributed by atoms with Gasteiger partial charge in [0.25, 0.3) is 5.91 Å². The lowest BCUT2D eigenvalue weighted by atomic mass is 10.1. The number of hydrogen-bond acceptors (Lipinski definition) is 5. The molecule has 4 aromatic rings. The van der Waals surface area contributed by atoms with Crippen LogP contribution in [-0.4, -0.2) is 48.7 Å². The molecule has 156 valence electrons. The third-order valence-electron chi connectivity index (χ3n) is 5.45. The highest BCUT2D eigenvalue weighted by Crippen LogP contribution is 2.24. The van der Waals surface area contributed by atoms with E-state index in [9.17, 15) is 4.79 Å². The maximum atomic E-state index is 12.9. The Morgan fingerprint density at radius 2 is 1.77 bits per heavy atom. The van der Waals surface area contributed by atoms with E-state index in [4.69, 9.17) is 4.74 Å². The summed E-state index contributed by atoms with van der Waals surface area (Å²) in [5.41, 5.74) is 3.15. The molecule has 0 unspecified atom stereocenters. The Balaban J connectivity index is 1.19. The molecule has 0 N–H and O–H groups in total. The first-order valence-electron chi connectivity index (χ1n) is 10.2. The Morgan fingerprint density at radius 3 is 2.52 bits per heavy atom. The van der Waals surface area contributed by atoms with Gasteiger partial charge in [0.1, 0.15) is 18.1 Å². The second-order valence-corrected chi connectivity index (χ2v) is 7.55. The van der Waals surface area contributed by atoms with Crippen molar-refractivity contribution in [3.63, 3.8) is 0 Å². The third kappa shape index (κ3) is 3.79. The molecule has 1 amide bonds. The van der Waals surface area contributed by atoms with Crippen LogP contribution in [0.25, 0.3) is 5.69 Å². The highest BCUT2D eigenvalue weighted by molar-refractivity contribution is 5.95. The number of likely N-dealkylation sites (tertiary alicyclic amines) is 1. The van der Waals surface area contributed by atoms with Gasteiger partial charge in [-0.25, -0.2) is 9.36 Å². The summed E-state index contributed by atoms with van der Waals surface area (Å²) in [7, 11) is 0. The lowest BCUT2D eigenvalue weighted by Crippen LogP contribution is -2.51. The van der Waals surface area contributed by atoms with Gasteiger partial charge in [0, 0.05) is 13.1 Å². The summed E-state index contributed by atoms with van der Waals surface area (Å²) in [6.45, 7) is 3.46. The van der Waals surface area contributed by atoms with Gasteiger partial charge in [-0.1, -0.05) is 41.6 Å². The molecule has 3 heterocycles. The Labute approximate surface area is 179 Å². The SMILES string of the molecule is Cc1c(C(=O)N2CC(n3cc(COc4ccccc4)nn3)C2)cnn1-c1ccccc1. The first kappa shape index (κ1) is 19.0. The molecule has 0 spiro atoms. The lowest BCUT2D eigenvalue weighted by Gasteiger charge is -2.38. The van der Waals surface area contributed by atoms with Crippen molar-refractivity contribution in [3.05, 3.63) is 90.0 Å². The summed E-state index contributed by atoms with van der Waals surface area (Å²) >= 11 is 0. The van der Waals surface area contributed by atoms with E-state index >= 15 is 0 Å². The predicted octanol–water partition coefficient (Wildman–Crippen LogP) is 3.05. The van der Waals surface area contributed by atoms with E-state index in [0.717, 1.165) is 22.8 Å². The van der Waals surface area contributed by atoms with Crippen LogP contribution in [0, 0.1) is 6.92 Å². The van der Waals surface area contributed by atoms with E-state index in [1.165, 1.54) is 0 Å². The number of hydrogen-bond donors (Lipinski definition) is 0. The van der Waals surface area contributed by atoms with Crippen LogP contribution in [0.4, 0.5) is 0 Å². The molecule has 0 bridgehead atoms. The topological polar surface area (TPSA) is 78.1 Å². The summed E-state index contributed by atoms with van der Waals surface area (Å²) in [5, 5.41) is 12.8. The van der Waals surface area contributed by atoms with E-state index in [1.807, 2.05) is 83.4 Å². The van der Waals surface area contributed by atoms with Crippen molar-refractivity contribution in [1.29, 1.82) is 0 Å². The molecule has 1 fully saturated rings. The Hall–Kier alpha value is -3.94. The Kier molecular flexibility index (Phi) is 4.95. The molecule has 1 aliphatic rings. The normalized spacial score (nSPS) is 13.8. The monoisotopic (exact) mass is 414 g/mol. The number of aromatic nitrogens is 5. The van der Waals surface area contributed by atoms with Gasteiger partial charge in [0.2, 0.25) is 0 Å². The second-order valence-electron chi connectivity index (χ2n) is 7.55. The van der Waals surface area contributed by atoms with Gasteiger partial charge in [0.15, 0.2) is 0 Å². The zero-order valence-electron chi connectivity index (χ0n) is 17.1. The van der Waals surface area contributed by atoms with Crippen molar-refractivity contribution in [2.75, 3.05) is 13.1 Å². The molecule has 31 heavy (non-hydrogen) atoms. The molecule has 0 saturated carbocycles. The average Bonchev–Trinajstić information content (AvgIpc) is 3.39. The fourth-order valence-electron chi connectivity index (χ4n) is 3.64. The van der Waals surface area contributed by atoms with Crippen LogP contribution >= 0.6 is 0 Å². The van der Waals surface area contributed by atoms with Crippen molar-refractivity contribution < 1.29 is 9.53 Å². The van der Waals surface area contributed by atoms with Crippen LogP contribution in [-0.2, 0) is 6.61 Å². The van der Waals surface area contributed by atoms with Crippen molar-refractivity contribution >= 4 is 5.91 Å². The Morgan fingerprint density at radius 1 is 1.06 bits per heavy atom. The van der Waals surface area contributed by atoms with Gasteiger partial charge < -0.3 is 9.64 Å². The van der Waals surface area contributed by atoms with Gasteiger partial charge in [0.05, 0.1) is 35.4 Å². The van der Waals surface area contributed by atoms with Gasteiger partial charge in [-0.3, -0.25) is 4.79 Å². The molecule has 1 aliphatic heterocycles. The molecule has 1 saturated heterocycles. The van der Waals surface area contributed by atoms with Crippen molar-refractivity contribution in [3.8, 4) is 11.4 Å². The molecule has 2 aromatic heterocycles. The van der Waals surface area contributed by atoms with E-state index in [-0.39, 0.29) is 11.9 Å². The minimum absolute atomic E-state index is 0.0105. The fraction of sp³-hybridized carbons (Fsp3) is 0.217. The van der Waals surface area contributed by atoms with Crippen molar-refractivity contribution in [1.82, 2.24) is 29.7 Å². The van der Waals surface area contributed by atoms with Crippen LogP contribution in [0.15, 0.2) is 73.1 Å². The second kappa shape index (κ2) is 8.06.